The molecule has 1 heterocycles. The fourth-order valence-electron chi connectivity index (χ4n) is 2.87. The second-order valence-corrected chi connectivity index (χ2v) is 6.64. The topological polar surface area (TPSA) is 76.7 Å². The van der Waals surface area contributed by atoms with Crippen molar-refractivity contribution < 1.29 is 19.1 Å². The van der Waals surface area contributed by atoms with Gasteiger partial charge in [0, 0.05) is 5.69 Å². The fraction of sp³-hybridized carbons (Fsp3) is 0.333. The van der Waals surface area contributed by atoms with Crippen LogP contribution in [0.3, 0.4) is 0 Å². The minimum Gasteiger partial charge on any atom is -0.483 e. The van der Waals surface area contributed by atoms with Gasteiger partial charge in [-0.25, -0.2) is 0 Å². The monoisotopic (exact) mass is 368 g/mol. The Labute approximate surface area is 158 Å². The van der Waals surface area contributed by atoms with Crippen LogP contribution in [0.5, 0.6) is 11.5 Å². The van der Waals surface area contributed by atoms with Gasteiger partial charge in [-0.15, -0.1) is 0 Å². The molecule has 0 saturated heterocycles. The van der Waals surface area contributed by atoms with Crippen molar-refractivity contribution in [3.8, 4) is 11.5 Å². The Balaban J connectivity index is 1.62. The van der Waals surface area contributed by atoms with Crippen molar-refractivity contribution >= 4 is 23.2 Å². The number of carbonyl (C=O) groups is 2. The highest BCUT2D eigenvalue weighted by Crippen LogP contribution is 2.32. The molecule has 6 heteroatoms. The van der Waals surface area contributed by atoms with Crippen LogP contribution >= 0.6 is 0 Å². The molecule has 0 saturated carbocycles. The summed E-state index contributed by atoms with van der Waals surface area (Å²) in [5.74, 6) is 1.18. The van der Waals surface area contributed by atoms with Gasteiger partial charge >= 0.3 is 0 Å². The molecular formula is C21H24N2O4. The molecule has 6 nitrogen and oxygen atoms in total. The summed E-state index contributed by atoms with van der Waals surface area (Å²) in [6, 6.07) is 12.9. The fourth-order valence-corrected chi connectivity index (χ4v) is 2.87. The standard InChI is InChI=1S/C21H24N2O4/c1-4-13(2)16-7-5-6-8-18(16)26-12-20(24)22-15-9-10-19-17(11-15)23-21(25)14(3)27-19/h5-11,13-14H,4,12H2,1-3H3,(H,22,24)(H,23,25). The average molecular weight is 368 g/mol. The SMILES string of the molecule is CCC(C)c1ccccc1OCC(=O)Nc1ccc2c(c1)NC(=O)C(C)O2. The molecular weight excluding hydrogens is 344 g/mol. The van der Waals surface area contributed by atoms with Gasteiger partial charge in [0.2, 0.25) is 0 Å². The average Bonchev–Trinajstić information content (AvgIpc) is 2.67. The Morgan fingerprint density at radius 2 is 2.07 bits per heavy atom. The predicted molar refractivity (Wildman–Crippen MR) is 104 cm³/mol. The summed E-state index contributed by atoms with van der Waals surface area (Å²) in [7, 11) is 0. The smallest absolute Gasteiger partial charge is 0.265 e. The molecule has 2 aromatic rings. The zero-order valence-corrected chi connectivity index (χ0v) is 15.7. The van der Waals surface area contributed by atoms with Crippen LogP contribution in [-0.4, -0.2) is 24.5 Å². The summed E-state index contributed by atoms with van der Waals surface area (Å²) in [6.45, 7) is 5.84. The Morgan fingerprint density at radius 1 is 1.30 bits per heavy atom. The van der Waals surface area contributed by atoms with Crippen LogP contribution in [0.25, 0.3) is 0 Å². The van der Waals surface area contributed by atoms with Crippen molar-refractivity contribution in [1.82, 2.24) is 0 Å². The lowest BCUT2D eigenvalue weighted by Crippen LogP contribution is -2.34. The van der Waals surface area contributed by atoms with E-state index in [-0.39, 0.29) is 18.4 Å². The maximum atomic E-state index is 12.3. The molecule has 1 aliphatic heterocycles. The van der Waals surface area contributed by atoms with Gasteiger partial charge in [-0.2, -0.15) is 0 Å². The van der Waals surface area contributed by atoms with Gasteiger partial charge in [0.15, 0.2) is 12.7 Å². The quantitative estimate of drug-likeness (QED) is 0.810. The van der Waals surface area contributed by atoms with Crippen LogP contribution in [-0.2, 0) is 9.59 Å². The number of amides is 2. The van der Waals surface area contributed by atoms with E-state index in [0.29, 0.717) is 23.0 Å². The van der Waals surface area contributed by atoms with Crippen molar-refractivity contribution in [1.29, 1.82) is 0 Å². The molecule has 2 aromatic carbocycles. The predicted octanol–water partition coefficient (Wildman–Crippen LogP) is 3.94. The lowest BCUT2D eigenvalue weighted by Gasteiger charge is -2.23. The third-order valence-corrected chi connectivity index (χ3v) is 4.62. The van der Waals surface area contributed by atoms with Gasteiger partial charge in [0.05, 0.1) is 5.69 Å². The molecule has 2 atom stereocenters. The van der Waals surface area contributed by atoms with Gasteiger partial charge in [0.25, 0.3) is 11.8 Å². The molecule has 0 fully saturated rings. The van der Waals surface area contributed by atoms with E-state index < -0.39 is 6.10 Å². The maximum absolute atomic E-state index is 12.3. The second-order valence-electron chi connectivity index (χ2n) is 6.64. The number of hydrogen-bond acceptors (Lipinski definition) is 4. The van der Waals surface area contributed by atoms with Gasteiger partial charge in [-0.1, -0.05) is 32.0 Å². The van der Waals surface area contributed by atoms with Crippen LogP contribution in [0, 0.1) is 0 Å². The zero-order valence-electron chi connectivity index (χ0n) is 15.7. The number of carbonyl (C=O) groups excluding carboxylic acids is 2. The van der Waals surface area contributed by atoms with Crippen LogP contribution in [0.1, 0.15) is 38.7 Å². The molecule has 1 aliphatic rings. The Hall–Kier alpha value is -3.02. The lowest BCUT2D eigenvalue weighted by atomic mass is 9.98. The number of nitrogens with one attached hydrogen (secondary N) is 2. The lowest BCUT2D eigenvalue weighted by molar-refractivity contribution is -0.122. The zero-order chi connectivity index (χ0) is 19.4. The minimum atomic E-state index is -0.531. The number of fused-ring (bicyclic) bond motifs is 1. The summed E-state index contributed by atoms with van der Waals surface area (Å²) in [6.07, 6.45) is 0.464. The molecule has 2 amide bonds. The molecule has 0 aromatic heterocycles. The van der Waals surface area contributed by atoms with E-state index in [4.69, 9.17) is 9.47 Å². The summed E-state index contributed by atoms with van der Waals surface area (Å²) < 4.78 is 11.2. The van der Waals surface area contributed by atoms with Crippen molar-refractivity contribution in [2.45, 2.75) is 39.2 Å². The Kier molecular flexibility index (Phi) is 5.64. The van der Waals surface area contributed by atoms with Crippen molar-refractivity contribution in [2.24, 2.45) is 0 Å². The number of para-hydroxylation sites is 1. The Bertz CT molecular complexity index is 850. The minimum absolute atomic E-state index is 0.0928. The molecule has 3 rings (SSSR count). The van der Waals surface area contributed by atoms with Crippen LogP contribution in [0.15, 0.2) is 42.5 Å². The molecule has 0 radical (unpaired) electrons. The summed E-state index contributed by atoms with van der Waals surface area (Å²) in [5, 5.41) is 5.54. The van der Waals surface area contributed by atoms with Crippen molar-refractivity contribution in [3.63, 3.8) is 0 Å². The first-order valence-electron chi connectivity index (χ1n) is 9.11. The van der Waals surface area contributed by atoms with E-state index in [2.05, 4.69) is 24.5 Å². The van der Waals surface area contributed by atoms with Crippen LogP contribution in [0.2, 0.25) is 0 Å². The van der Waals surface area contributed by atoms with Crippen LogP contribution < -0.4 is 20.1 Å². The number of benzene rings is 2. The van der Waals surface area contributed by atoms with E-state index >= 15 is 0 Å². The van der Waals surface area contributed by atoms with E-state index in [1.807, 2.05) is 24.3 Å². The van der Waals surface area contributed by atoms with E-state index in [1.165, 1.54) is 0 Å². The van der Waals surface area contributed by atoms with Crippen LogP contribution in [0.4, 0.5) is 11.4 Å². The molecule has 142 valence electrons. The largest absolute Gasteiger partial charge is 0.483 e. The molecule has 0 spiro atoms. The van der Waals surface area contributed by atoms with Gasteiger partial charge in [0.1, 0.15) is 11.5 Å². The van der Waals surface area contributed by atoms with Gasteiger partial charge in [-0.3, -0.25) is 9.59 Å². The highest BCUT2D eigenvalue weighted by atomic mass is 16.5. The summed E-state index contributed by atoms with van der Waals surface area (Å²) in [5.41, 5.74) is 2.20. The number of rotatable bonds is 6. The van der Waals surface area contributed by atoms with E-state index in [1.54, 1.807) is 25.1 Å². The van der Waals surface area contributed by atoms with Crippen molar-refractivity contribution in [3.05, 3.63) is 48.0 Å². The molecule has 0 bridgehead atoms. The maximum Gasteiger partial charge on any atom is 0.265 e. The van der Waals surface area contributed by atoms with E-state index in [0.717, 1.165) is 17.7 Å². The molecule has 2 unspecified atom stereocenters. The normalized spacial score (nSPS) is 16.6. The summed E-state index contributed by atoms with van der Waals surface area (Å²) >= 11 is 0. The third kappa shape index (κ3) is 4.39. The first-order chi connectivity index (χ1) is 13.0. The number of hydrogen-bond donors (Lipinski definition) is 2. The highest BCUT2D eigenvalue weighted by Gasteiger charge is 2.23. The van der Waals surface area contributed by atoms with Crippen molar-refractivity contribution in [2.75, 3.05) is 17.2 Å². The third-order valence-electron chi connectivity index (χ3n) is 4.62. The molecule has 2 N–H and O–H groups in total. The van der Waals surface area contributed by atoms with E-state index in [9.17, 15) is 9.59 Å². The Morgan fingerprint density at radius 3 is 2.85 bits per heavy atom. The number of anilines is 2. The second kappa shape index (κ2) is 8.12. The highest BCUT2D eigenvalue weighted by molar-refractivity contribution is 5.99. The number of ether oxygens (including phenoxy) is 2. The first kappa shape index (κ1) is 18.8. The van der Waals surface area contributed by atoms with Gasteiger partial charge in [-0.05, 0) is 49.1 Å². The molecule has 27 heavy (non-hydrogen) atoms. The van der Waals surface area contributed by atoms with Gasteiger partial charge < -0.3 is 20.1 Å². The first-order valence-corrected chi connectivity index (χ1v) is 9.11. The molecule has 0 aliphatic carbocycles. The summed E-state index contributed by atoms with van der Waals surface area (Å²) in [4.78, 5) is 24.0.